The second-order valence-corrected chi connectivity index (χ2v) is 5.47. The van der Waals surface area contributed by atoms with Gasteiger partial charge in [0.25, 0.3) is 0 Å². The number of benzene rings is 1. The normalized spacial score (nSPS) is 16.7. The van der Waals surface area contributed by atoms with Crippen LogP contribution >= 0.6 is 0 Å². The van der Waals surface area contributed by atoms with Crippen LogP contribution in [0.25, 0.3) is 0 Å². The Kier molecular flexibility index (Phi) is 5.76. The van der Waals surface area contributed by atoms with Crippen molar-refractivity contribution >= 4 is 11.9 Å². The lowest BCUT2D eigenvalue weighted by atomic mass is 9.91. The number of fused-ring (bicyclic) bond motifs is 1. The number of allylic oxidation sites excluding steroid dienone is 1. The average Bonchev–Trinajstić information content (AvgIpc) is 2.56. The number of nitrogens with one attached hydrogen (secondary N) is 1. The zero-order valence-electron chi connectivity index (χ0n) is 13.7. The van der Waals surface area contributed by atoms with Gasteiger partial charge in [0.05, 0.1) is 6.61 Å². The molecule has 1 aromatic carbocycles. The summed E-state index contributed by atoms with van der Waals surface area (Å²) in [5.74, 6) is -0.0385. The fraction of sp³-hybridized carbons (Fsp3) is 0.412. The third-order valence-electron chi connectivity index (χ3n) is 3.59. The lowest BCUT2D eigenvalue weighted by Gasteiger charge is -2.27. The summed E-state index contributed by atoms with van der Waals surface area (Å²) in [6.07, 6.45) is 3.11. The molecule has 1 N–H and O–H groups in total. The van der Waals surface area contributed by atoms with Gasteiger partial charge in [-0.3, -0.25) is 4.79 Å². The van der Waals surface area contributed by atoms with E-state index in [0.29, 0.717) is 18.6 Å². The van der Waals surface area contributed by atoms with Crippen LogP contribution < -0.4 is 5.32 Å². The van der Waals surface area contributed by atoms with Crippen molar-refractivity contribution in [2.24, 2.45) is 0 Å². The summed E-state index contributed by atoms with van der Waals surface area (Å²) < 4.78 is 10.8. The molecular formula is C17H22N2O4. The van der Waals surface area contributed by atoms with Crippen molar-refractivity contribution in [2.75, 3.05) is 34.4 Å². The first kappa shape index (κ1) is 17.0. The molecule has 0 aromatic heterocycles. The van der Waals surface area contributed by atoms with Gasteiger partial charge in [0.2, 0.25) is 0 Å². The molecule has 0 radical (unpaired) electrons. The molecule has 0 fully saturated rings. The SMILES string of the molecule is CNC(=O)OCC1OCCc2c(C(=O)C=CN(C)C)cccc21. The minimum atomic E-state index is -0.498. The Morgan fingerprint density at radius 2 is 2.22 bits per heavy atom. The lowest BCUT2D eigenvalue weighted by molar-refractivity contribution is -0.00370. The summed E-state index contributed by atoms with van der Waals surface area (Å²) in [6, 6.07) is 5.57. The minimum Gasteiger partial charge on any atom is -0.446 e. The van der Waals surface area contributed by atoms with Crippen molar-refractivity contribution in [1.82, 2.24) is 10.2 Å². The molecule has 6 heteroatoms. The van der Waals surface area contributed by atoms with E-state index in [1.54, 1.807) is 12.3 Å². The first-order valence-electron chi connectivity index (χ1n) is 7.49. The van der Waals surface area contributed by atoms with Gasteiger partial charge in [-0.15, -0.1) is 0 Å². The molecule has 1 heterocycles. The molecule has 1 aliphatic rings. The molecule has 124 valence electrons. The van der Waals surface area contributed by atoms with Gasteiger partial charge in [-0.2, -0.15) is 0 Å². The molecule has 1 atom stereocenters. The Hall–Kier alpha value is -2.34. The Balaban J connectivity index is 2.22. The molecule has 0 saturated heterocycles. The molecule has 2 rings (SSSR count). The number of hydrogen-bond acceptors (Lipinski definition) is 5. The van der Waals surface area contributed by atoms with Crippen LogP contribution in [0.3, 0.4) is 0 Å². The predicted octanol–water partition coefficient (Wildman–Crippen LogP) is 1.91. The van der Waals surface area contributed by atoms with Gasteiger partial charge in [0.1, 0.15) is 12.7 Å². The number of carbonyl (C=O) groups excluding carboxylic acids is 2. The Labute approximate surface area is 136 Å². The van der Waals surface area contributed by atoms with Crippen LogP contribution in [-0.2, 0) is 15.9 Å². The number of hydrogen-bond donors (Lipinski definition) is 1. The van der Waals surface area contributed by atoms with Crippen LogP contribution in [0.4, 0.5) is 4.79 Å². The van der Waals surface area contributed by atoms with Crippen LogP contribution in [0.1, 0.15) is 27.6 Å². The summed E-state index contributed by atoms with van der Waals surface area (Å²) >= 11 is 0. The number of alkyl carbamates (subject to hydrolysis) is 1. The van der Waals surface area contributed by atoms with Gasteiger partial charge in [-0.1, -0.05) is 18.2 Å². The highest BCUT2D eigenvalue weighted by atomic mass is 16.6. The smallest absolute Gasteiger partial charge is 0.406 e. The zero-order chi connectivity index (χ0) is 16.8. The number of ketones is 1. The van der Waals surface area contributed by atoms with Crippen LogP contribution in [0.15, 0.2) is 30.5 Å². The second kappa shape index (κ2) is 7.78. The third kappa shape index (κ3) is 4.32. The largest absolute Gasteiger partial charge is 0.446 e. The van der Waals surface area contributed by atoms with E-state index in [4.69, 9.17) is 9.47 Å². The standard InChI is InChI=1S/C17H22N2O4/c1-18-17(21)23-11-16-14-6-4-5-13(12(14)8-10-22-16)15(20)7-9-19(2)3/h4-7,9,16H,8,10-11H2,1-3H3,(H,18,21). The van der Waals surface area contributed by atoms with E-state index in [-0.39, 0.29) is 18.5 Å². The molecule has 1 unspecified atom stereocenters. The number of rotatable bonds is 5. The van der Waals surface area contributed by atoms with Gasteiger partial charge < -0.3 is 19.7 Å². The number of carbonyl (C=O) groups is 2. The maximum absolute atomic E-state index is 12.4. The molecule has 1 aromatic rings. The maximum Gasteiger partial charge on any atom is 0.406 e. The summed E-state index contributed by atoms with van der Waals surface area (Å²) in [6.45, 7) is 0.619. The van der Waals surface area contributed by atoms with Gasteiger partial charge >= 0.3 is 6.09 Å². The van der Waals surface area contributed by atoms with Crippen LogP contribution in [0.2, 0.25) is 0 Å². The molecule has 1 aliphatic heterocycles. The zero-order valence-corrected chi connectivity index (χ0v) is 13.7. The van der Waals surface area contributed by atoms with E-state index in [1.165, 1.54) is 7.05 Å². The van der Waals surface area contributed by atoms with Crippen molar-refractivity contribution in [3.63, 3.8) is 0 Å². The highest BCUT2D eigenvalue weighted by Crippen LogP contribution is 2.30. The molecule has 0 saturated carbocycles. The average molecular weight is 318 g/mol. The summed E-state index contributed by atoms with van der Waals surface area (Å²) in [4.78, 5) is 25.4. The van der Waals surface area contributed by atoms with Crippen LogP contribution in [-0.4, -0.2) is 51.1 Å². The summed E-state index contributed by atoms with van der Waals surface area (Å²) in [7, 11) is 5.24. The number of ether oxygens (including phenoxy) is 2. The van der Waals surface area contributed by atoms with E-state index < -0.39 is 6.09 Å². The van der Waals surface area contributed by atoms with Crippen molar-refractivity contribution in [3.05, 3.63) is 47.2 Å². The Morgan fingerprint density at radius 1 is 1.43 bits per heavy atom. The van der Waals surface area contributed by atoms with Crippen molar-refractivity contribution in [2.45, 2.75) is 12.5 Å². The van der Waals surface area contributed by atoms with Gasteiger partial charge in [-0.05, 0) is 17.5 Å². The molecule has 1 amide bonds. The third-order valence-corrected chi connectivity index (χ3v) is 3.59. The van der Waals surface area contributed by atoms with E-state index in [2.05, 4.69) is 5.32 Å². The second-order valence-electron chi connectivity index (χ2n) is 5.47. The fourth-order valence-electron chi connectivity index (χ4n) is 2.48. The van der Waals surface area contributed by atoms with Crippen molar-refractivity contribution in [3.8, 4) is 0 Å². The molecule has 23 heavy (non-hydrogen) atoms. The molecule has 0 aliphatic carbocycles. The fourth-order valence-corrected chi connectivity index (χ4v) is 2.48. The van der Waals surface area contributed by atoms with Gasteiger partial charge in [0, 0.05) is 39.0 Å². The van der Waals surface area contributed by atoms with Gasteiger partial charge in [-0.25, -0.2) is 4.79 Å². The highest BCUT2D eigenvalue weighted by molar-refractivity contribution is 6.05. The van der Waals surface area contributed by atoms with E-state index in [0.717, 1.165) is 11.1 Å². The summed E-state index contributed by atoms with van der Waals surface area (Å²) in [5.41, 5.74) is 2.55. The number of nitrogens with zero attached hydrogens (tertiary/aromatic N) is 1. The van der Waals surface area contributed by atoms with Crippen LogP contribution in [0.5, 0.6) is 0 Å². The Morgan fingerprint density at radius 3 is 2.91 bits per heavy atom. The first-order valence-corrected chi connectivity index (χ1v) is 7.49. The predicted molar refractivity (Wildman–Crippen MR) is 86.4 cm³/mol. The van der Waals surface area contributed by atoms with Crippen molar-refractivity contribution < 1.29 is 19.1 Å². The topological polar surface area (TPSA) is 67.9 Å². The summed E-state index contributed by atoms with van der Waals surface area (Å²) in [5, 5.41) is 2.40. The van der Waals surface area contributed by atoms with E-state index in [1.807, 2.05) is 37.2 Å². The van der Waals surface area contributed by atoms with Crippen molar-refractivity contribution in [1.29, 1.82) is 0 Å². The van der Waals surface area contributed by atoms with Crippen LogP contribution in [0, 0.1) is 0 Å². The maximum atomic E-state index is 12.4. The minimum absolute atomic E-state index is 0.0385. The highest BCUT2D eigenvalue weighted by Gasteiger charge is 2.25. The number of amides is 1. The molecule has 0 spiro atoms. The van der Waals surface area contributed by atoms with E-state index in [9.17, 15) is 9.59 Å². The van der Waals surface area contributed by atoms with E-state index >= 15 is 0 Å². The first-order chi connectivity index (χ1) is 11.0. The van der Waals surface area contributed by atoms with Gasteiger partial charge in [0.15, 0.2) is 5.78 Å². The monoisotopic (exact) mass is 318 g/mol. The molecular weight excluding hydrogens is 296 g/mol. The Bertz CT molecular complexity index is 611. The lowest BCUT2D eigenvalue weighted by Crippen LogP contribution is -2.26. The molecule has 0 bridgehead atoms. The quantitative estimate of drug-likeness (QED) is 0.663. The molecule has 6 nitrogen and oxygen atoms in total.